The fraction of sp³-hybridized carbons (Fsp3) is 0.0541. The summed E-state index contributed by atoms with van der Waals surface area (Å²) in [4.78, 5) is 27.5. The first-order valence-corrected chi connectivity index (χ1v) is 14.1. The average Bonchev–Trinajstić information content (AvgIpc) is 3.59. The Balaban J connectivity index is 0.000000311. The maximum absolute atomic E-state index is 10.1. The summed E-state index contributed by atoms with van der Waals surface area (Å²) in [5, 5.41) is 8.32. The molecule has 1 aliphatic heterocycles. The van der Waals surface area contributed by atoms with Crippen LogP contribution in [0.1, 0.15) is 32.9 Å². The largest absolute Gasteiger partial charge is 3.00 e. The molecule has 8 rings (SSSR count). The second-order valence-corrected chi connectivity index (χ2v) is 10.4. The zero-order chi connectivity index (χ0) is 30.1. The maximum atomic E-state index is 10.1. The van der Waals surface area contributed by atoms with Crippen molar-refractivity contribution >= 4 is 23.2 Å². The maximum Gasteiger partial charge on any atom is 3.00 e. The molecular formula is C37H26IrN5O2. The Bertz CT molecular complexity index is 1920. The van der Waals surface area contributed by atoms with Crippen LogP contribution in [-0.2, 0) is 25.5 Å². The van der Waals surface area contributed by atoms with E-state index in [0.717, 1.165) is 34.0 Å². The molecule has 1 atom stereocenters. The van der Waals surface area contributed by atoms with Crippen molar-refractivity contribution in [3.63, 3.8) is 0 Å². The Morgan fingerprint density at radius 2 is 1.56 bits per heavy atom. The first kappa shape index (κ1) is 29.9. The van der Waals surface area contributed by atoms with E-state index >= 15 is 0 Å². The van der Waals surface area contributed by atoms with E-state index in [0.29, 0.717) is 0 Å². The van der Waals surface area contributed by atoms with Crippen LogP contribution in [0.5, 0.6) is 0 Å². The Kier molecular flexibility index (Phi) is 8.26. The third-order valence-electron chi connectivity index (χ3n) is 7.89. The van der Waals surface area contributed by atoms with Gasteiger partial charge >= 0.3 is 26.1 Å². The molecule has 0 saturated carbocycles. The molecule has 3 aromatic carbocycles. The fourth-order valence-electron chi connectivity index (χ4n) is 6.04. The number of aromatic carboxylic acids is 1. The van der Waals surface area contributed by atoms with Gasteiger partial charge in [0.1, 0.15) is 11.5 Å². The van der Waals surface area contributed by atoms with Gasteiger partial charge in [-0.3, -0.25) is 4.98 Å². The van der Waals surface area contributed by atoms with Gasteiger partial charge in [-0.1, -0.05) is 42.0 Å². The molecule has 0 saturated heterocycles. The molecule has 2 aliphatic rings. The Morgan fingerprint density at radius 1 is 0.800 bits per heavy atom. The number of anilines is 3. The van der Waals surface area contributed by atoms with E-state index in [2.05, 4.69) is 111 Å². The predicted octanol–water partition coefficient (Wildman–Crippen LogP) is 6.92. The number of carbonyl (C=O) groups is 1. The number of carboxylic acid groups (broad SMARTS) is 1. The molecule has 0 radical (unpaired) electrons. The van der Waals surface area contributed by atoms with Crippen molar-refractivity contribution in [1.29, 1.82) is 0 Å². The molecule has 1 aliphatic carbocycles. The van der Waals surface area contributed by atoms with Crippen molar-refractivity contribution in [3.8, 4) is 11.1 Å². The summed E-state index contributed by atoms with van der Waals surface area (Å²) in [6.45, 7) is 2.06. The number of pyridine rings is 3. The molecule has 220 valence electrons. The normalized spacial score (nSPS) is 15.6. The van der Waals surface area contributed by atoms with Crippen LogP contribution >= 0.6 is 0 Å². The number of carboxylic acids is 1. The van der Waals surface area contributed by atoms with Crippen LogP contribution < -0.4 is 9.80 Å². The molecule has 6 aromatic rings. The van der Waals surface area contributed by atoms with E-state index in [1.807, 2.05) is 37.6 Å². The standard InChI is InChI=1S/C31H21N4.C6H5NO2.Ir/c1-34-21-35(30-28(34)16-9-19-33-30)23-11-8-10-22(20-23)31(29-17-6-7-18-32-29)26-14-4-2-12-24(26)25-13-3-5-15-27(25)31;8-6(9)5-3-1-2-4-7-5;/h2-14,16-19,21H,1H3;1-4H,(H,8,9);/q-3;;+3/t31-;;/m1../s1. The molecule has 45 heavy (non-hydrogen) atoms. The number of rotatable bonds is 4. The fourth-order valence-corrected chi connectivity index (χ4v) is 6.04. The van der Waals surface area contributed by atoms with Crippen LogP contribution in [0, 0.1) is 18.8 Å². The van der Waals surface area contributed by atoms with Crippen LogP contribution in [0.4, 0.5) is 17.2 Å². The number of hydrogen-bond acceptors (Lipinski definition) is 6. The summed E-state index contributed by atoms with van der Waals surface area (Å²) >= 11 is 0. The first-order valence-electron chi connectivity index (χ1n) is 14.1. The van der Waals surface area contributed by atoms with Crippen LogP contribution in [0.2, 0.25) is 0 Å². The molecule has 3 aromatic heterocycles. The SMILES string of the molecule is CN1[CH-]N(c2[c-]c([C@]3(c4ccccn4)c4[c-]cccc4-c4ccccc43)ccc2)c2ncccc21.O=C(O)c1ccccn1.[Ir+3]. The number of fused-ring (bicyclic) bond motifs is 4. The van der Waals surface area contributed by atoms with Crippen molar-refractivity contribution < 1.29 is 30.0 Å². The monoisotopic (exact) mass is 765 g/mol. The Morgan fingerprint density at radius 3 is 2.31 bits per heavy atom. The summed E-state index contributed by atoms with van der Waals surface area (Å²) in [7, 11) is 2.04. The van der Waals surface area contributed by atoms with E-state index < -0.39 is 11.4 Å². The van der Waals surface area contributed by atoms with Crippen LogP contribution in [-0.4, -0.2) is 33.1 Å². The van der Waals surface area contributed by atoms with Gasteiger partial charge in [-0.05, 0) is 49.0 Å². The minimum atomic E-state index is -0.990. The van der Waals surface area contributed by atoms with Gasteiger partial charge in [-0.25, -0.2) is 14.8 Å². The molecule has 8 heteroatoms. The quantitative estimate of drug-likeness (QED) is 0.195. The summed E-state index contributed by atoms with van der Waals surface area (Å²) < 4.78 is 0. The number of benzene rings is 3. The second kappa shape index (κ2) is 12.4. The van der Waals surface area contributed by atoms with Gasteiger partial charge in [0.25, 0.3) is 0 Å². The van der Waals surface area contributed by atoms with Gasteiger partial charge in [-0.15, -0.1) is 22.4 Å². The summed E-state index contributed by atoms with van der Waals surface area (Å²) in [6.07, 6.45) is 5.15. The van der Waals surface area contributed by atoms with Crippen LogP contribution in [0.15, 0.2) is 128 Å². The second-order valence-electron chi connectivity index (χ2n) is 10.4. The summed E-state index contributed by atoms with van der Waals surface area (Å²) in [5.41, 5.74) is 8.15. The molecule has 0 bridgehead atoms. The van der Waals surface area contributed by atoms with Crippen LogP contribution in [0.25, 0.3) is 11.1 Å². The van der Waals surface area contributed by atoms with Crippen molar-refractivity contribution in [2.45, 2.75) is 5.41 Å². The van der Waals surface area contributed by atoms with Gasteiger partial charge in [0, 0.05) is 29.7 Å². The van der Waals surface area contributed by atoms with E-state index in [1.165, 1.54) is 29.0 Å². The van der Waals surface area contributed by atoms with Gasteiger partial charge in [0.2, 0.25) is 0 Å². The molecule has 1 N–H and O–H groups in total. The molecule has 7 nitrogen and oxygen atoms in total. The predicted molar refractivity (Wildman–Crippen MR) is 169 cm³/mol. The number of aromatic nitrogens is 3. The zero-order valence-corrected chi connectivity index (χ0v) is 26.5. The molecular weight excluding hydrogens is 739 g/mol. The third kappa shape index (κ3) is 5.08. The molecule has 0 spiro atoms. The minimum Gasteiger partial charge on any atom is -0.502 e. The third-order valence-corrected chi connectivity index (χ3v) is 7.89. The number of hydrogen-bond donors (Lipinski definition) is 1. The summed E-state index contributed by atoms with van der Waals surface area (Å²) in [6, 6.07) is 43.5. The van der Waals surface area contributed by atoms with Crippen molar-refractivity contribution in [3.05, 3.63) is 175 Å². The number of nitrogens with zero attached hydrogens (tertiary/aromatic N) is 5. The van der Waals surface area contributed by atoms with Crippen LogP contribution in [0.3, 0.4) is 0 Å². The smallest absolute Gasteiger partial charge is 0.502 e. The Hall–Kier alpha value is -5.17. The van der Waals surface area contributed by atoms with Gasteiger partial charge in [-0.2, -0.15) is 55.2 Å². The molecule has 0 unspecified atom stereocenters. The zero-order valence-electron chi connectivity index (χ0n) is 24.1. The Labute approximate surface area is 275 Å². The van der Waals surface area contributed by atoms with E-state index in [4.69, 9.17) is 10.1 Å². The topological polar surface area (TPSA) is 82.5 Å². The molecule has 4 heterocycles. The van der Waals surface area contributed by atoms with E-state index in [1.54, 1.807) is 12.1 Å². The van der Waals surface area contributed by atoms with E-state index in [-0.39, 0.29) is 25.8 Å². The first-order chi connectivity index (χ1) is 21.6. The summed E-state index contributed by atoms with van der Waals surface area (Å²) in [5.74, 6) is -0.0929. The molecule has 0 fully saturated rings. The average molecular weight is 765 g/mol. The van der Waals surface area contributed by atoms with Crippen molar-refractivity contribution in [2.24, 2.45) is 0 Å². The van der Waals surface area contributed by atoms with Crippen molar-refractivity contribution in [2.75, 3.05) is 16.8 Å². The molecule has 0 amide bonds. The van der Waals surface area contributed by atoms with Gasteiger partial charge in [0.15, 0.2) is 0 Å². The minimum absolute atomic E-state index is 0. The van der Waals surface area contributed by atoms with Gasteiger partial charge < -0.3 is 14.9 Å². The van der Waals surface area contributed by atoms with Gasteiger partial charge in [0.05, 0.1) is 5.69 Å². The van der Waals surface area contributed by atoms with Crippen molar-refractivity contribution in [1.82, 2.24) is 15.0 Å². The van der Waals surface area contributed by atoms with E-state index in [9.17, 15) is 4.79 Å².